The summed E-state index contributed by atoms with van der Waals surface area (Å²) in [5.74, 6) is -1.34. The number of carbonyl (C=O) groups is 2. The van der Waals surface area contributed by atoms with Crippen molar-refractivity contribution in [1.29, 1.82) is 5.26 Å². The Morgan fingerprint density at radius 1 is 1.12 bits per heavy atom. The molecule has 0 radical (unpaired) electrons. The Bertz CT molecular complexity index is 1160. The number of aromatic hydroxyl groups is 1. The number of phenolic OH excluding ortho intramolecular Hbond substituents is 1. The van der Waals surface area contributed by atoms with Gasteiger partial charge in [-0.05, 0) is 54.8 Å². The van der Waals surface area contributed by atoms with Crippen LogP contribution in [-0.4, -0.2) is 31.4 Å². The Morgan fingerprint density at radius 2 is 1.82 bits per heavy atom. The molecule has 1 unspecified atom stereocenters. The van der Waals surface area contributed by atoms with Crippen LogP contribution in [0, 0.1) is 17.2 Å². The van der Waals surface area contributed by atoms with Gasteiger partial charge in [0, 0.05) is 18.7 Å². The molecule has 1 aliphatic rings. The largest absolute Gasteiger partial charge is 0.508 e. The van der Waals surface area contributed by atoms with Crippen molar-refractivity contribution in [2.45, 2.75) is 49.6 Å². The molecule has 10 heteroatoms. The molecule has 2 aromatic carbocycles. The summed E-state index contributed by atoms with van der Waals surface area (Å²) in [5, 5.41) is 24.4. The van der Waals surface area contributed by atoms with Crippen molar-refractivity contribution in [3.05, 3.63) is 54.1 Å². The maximum atomic E-state index is 13.0. The van der Waals surface area contributed by atoms with E-state index in [9.17, 15) is 28.4 Å². The monoisotopic (exact) mass is 470 g/mol. The molecule has 0 aliphatic heterocycles. The molecule has 0 aromatic heterocycles. The van der Waals surface area contributed by atoms with Gasteiger partial charge in [-0.25, -0.2) is 13.1 Å². The van der Waals surface area contributed by atoms with Crippen LogP contribution >= 0.6 is 0 Å². The second kappa shape index (κ2) is 10.5. The van der Waals surface area contributed by atoms with Crippen molar-refractivity contribution in [2.75, 3.05) is 5.32 Å². The van der Waals surface area contributed by atoms with Crippen molar-refractivity contribution >= 4 is 27.5 Å². The first-order chi connectivity index (χ1) is 15.7. The first kappa shape index (κ1) is 24.2. The van der Waals surface area contributed by atoms with Crippen molar-refractivity contribution in [3.8, 4) is 11.8 Å². The highest BCUT2D eigenvalue weighted by Crippen LogP contribution is 2.28. The number of phenols is 1. The number of nitriles is 1. The topological polar surface area (TPSA) is 148 Å². The van der Waals surface area contributed by atoms with Gasteiger partial charge in [0.1, 0.15) is 11.8 Å². The summed E-state index contributed by atoms with van der Waals surface area (Å²) in [6.07, 6.45) is 2.51. The van der Waals surface area contributed by atoms with Crippen molar-refractivity contribution in [3.63, 3.8) is 0 Å². The van der Waals surface area contributed by atoms with E-state index < -0.39 is 33.9 Å². The molecule has 2 amide bonds. The van der Waals surface area contributed by atoms with E-state index in [0.29, 0.717) is 24.1 Å². The van der Waals surface area contributed by atoms with E-state index in [1.54, 1.807) is 12.1 Å². The van der Waals surface area contributed by atoms with E-state index in [0.717, 1.165) is 12.8 Å². The van der Waals surface area contributed by atoms with Gasteiger partial charge in [-0.2, -0.15) is 5.26 Å². The second-order valence-electron chi connectivity index (χ2n) is 7.99. The molecule has 0 bridgehead atoms. The van der Waals surface area contributed by atoms with Crippen LogP contribution in [0.4, 0.5) is 5.69 Å². The number of benzene rings is 2. The van der Waals surface area contributed by atoms with Gasteiger partial charge >= 0.3 is 0 Å². The third-order valence-corrected chi connectivity index (χ3v) is 7.02. The minimum atomic E-state index is -3.90. The molecule has 1 saturated carbocycles. The normalized spacial score (nSPS) is 19.2. The number of hydrogen-bond donors (Lipinski definition) is 4. The molecule has 1 fully saturated rings. The zero-order valence-electron chi connectivity index (χ0n) is 18.1. The number of anilines is 1. The molecular weight excluding hydrogens is 444 g/mol. The van der Waals surface area contributed by atoms with E-state index in [1.165, 1.54) is 43.3 Å². The highest BCUT2D eigenvalue weighted by Gasteiger charge is 2.35. The molecule has 0 spiro atoms. The summed E-state index contributed by atoms with van der Waals surface area (Å²) >= 11 is 0. The molecular formula is C23H26N4O5S. The summed E-state index contributed by atoms with van der Waals surface area (Å²) in [4.78, 5) is 24.2. The maximum Gasteiger partial charge on any atom is 0.240 e. The quantitative estimate of drug-likeness (QED) is 0.489. The third-order valence-electron chi connectivity index (χ3n) is 5.51. The Hall–Kier alpha value is -3.42. The lowest BCUT2D eigenvalue weighted by molar-refractivity contribution is -0.127. The highest BCUT2D eigenvalue weighted by molar-refractivity contribution is 7.89. The molecule has 4 N–H and O–H groups in total. The fourth-order valence-corrected chi connectivity index (χ4v) is 5.23. The number of nitrogens with one attached hydrogen (secondary N) is 3. The predicted molar refractivity (Wildman–Crippen MR) is 121 cm³/mol. The summed E-state index contributed by atoms with van der Waals surface area (Å²) in [7, 11) is -3.90. The number of hydrogen-bond acceptors (Lipinski definition) is 6. The highest BCUT2D eigenvalue weighted by atomic mass is 32.2. The predicted octanol–water partition coefficient (Wildman–Crippen LogP) is 2.57. The molecule has 3 rings (SSSR count). The first-order valence-corrected chi connectivity index (χ1v) is 12.1. The van der Waals surface area contributed by atoms with Crippen molar-refractivity contribution < 1.29 is 23.1 Å². The molecule has 1 aliphatic carbocycles. The summed E-state index contributed by atoms with van der Waals surface area (Å²) < 4.78 is 28.5. The number of nitrogens with zero attached hydrogens (tertiary/aromatic N) is 1. The maximum absolute atomic E-state index is 13.0. The second-order valence-corrected chi connectivity index (χ2v) is 9.70. The minimum Gasteiger partial charge on any atom is -0.508 e. The van der Waals surface area contributed by atoms with Gasteiger partial charge in [-0.3, -0.25) is 9.59 Å². The average molecular weight is 471 g/mol. The smallest absolute Gasteiger partial charge is 0.240 e. The van der Waals surface area contributed by atoms with Crippen LogP contribution in [0.25, 0.3) is 0 Å². The van der Waals surface area contributed by atoms with Crippen LogP contribution in [0.1, 0.15) is 44.2 Å². The lowest BCUT2D eigenvalue weighted by Crippen LogP contribution is -2.48. The average Bonchev–Trinajstić information content (AvgIpc) is 2.77. The molecule has 2 aromatic rings. The van der Waals surface area contributed by atoms with Crippen molar-refractivity contribution in [2.24, 2.45) is 5.92 Å². The molecule has 33 heavy (non-hydrogen) atoms. The lowest BCUT2D eigenvalue weighted by atomic mass is 9.84. The zero-order valence-corrected chi connectivity index (χ0v) is 18.9. The first-order valence-electron chi connectivity index (χ1n) is 10.6. The molecule has 174 valence electrons. The minimum absolute atomic E-state index is 0.0187. The Morgan fingerprint density at radius 3 is 2.45 bits per heavy atom. The van der Waals surface area contributed by atoms with Crippen LogP contribution in [-0.2, 0) is 19.6 Å². The van der Waals surface area contributed by atoms with Gasteiger partial charge < -0.3 is 15.7 Å². The molecule has 9 nitrogen and oxygen atoms in total. The lowest BCUT2D eigenvalue weighted by Gasteiger charge is -2.31. The van der Waals surface area contributed by atoms with Crippen LogP contribution < -0.4 is 15.4 Å². The number of rotatable bonds is 7. The SMILES string of the molecule is CC(=O)Nc1ccc(S(=O)(=O)N[C@@H]2CCCC[C@H]2C(=O)NC(C#N)c2cccc(O)c2)cc1. The zero-order chi connectivity index (χ0) is 24.0. The van der Waals surface area contributed by atoms with Crippen molar-refractivity contribution in [1.82, 2.24) is 10.0 Å². The van der Waals surface area contributed by atoms with Gasteiger partial charge in [0.2, 0.25) is 21.8 Å². The van der Waals surface area contributed by atoms with E-state index in [2.05, 4.69) is 15.4 Å². The molecule has 0 heterocycles. The number of sulfonamides is 1. The summed E-state index contributed by atoms with van der Waals surface area (Å²) in [5.41, 5.74) is 0.920. The van der Waals surface area contributed by atoms with Gasteiger partial charge in [0.25, 0.3) is 0 Å². The summed E-state index contributed by atoms with van der Waals surface area (Å²) in [6, 6.07) is 12.3. The van der Waals surface area contributed by atoms with E-state index in [4.69, 9.17) is 0 Å². The van der Waals surface area contributed by atoms with Crippen LogP contribution in [0.15, 0.2) is 53.4 Å². The van der Waals surface area contributed by atoms with Gasteiger partial charge in [0.15, 0.2) is 0 Å². The van der Waals surface area contributed by atoms with E-state index in [1.807, 2.05) is 6.07 Å². The van der Waals surface area contributed by atoms with E-state index >= 15 is 0 Å². The van der Waals surface area contributed by atoms with Crippen LogP contribution in [0.3, 0.4) is 0 Å². The molecule has 0 saturated heterocycles. The van der Waals surface area contributed by atoms with Gasteiger partial charge in [-0.1, -0.05) is 25.0 Å². The Labute approximate surface area is 192 Å². The summed E-state index contributed by atoms with van der Waals surface area (Å²) in [6.45, 7) is 1.36. The standard InChI is InChI=1S/C23H26N4O5S/c1-15(28)25-17-9-11-19(12-10-17)33(31,32)27-21-8-3-2-7-20(21)23(30)26-22(14-24)16-5-4-6-18(29)13-16/h4-6,9-13,20-22,27,29H,2-3,7-8H2,1H3,(H,25,28)(H,26,30)/t20-,21-,22?/m1/s1. The number of amides is 2. The van der Waals surface area contributed by atoms with Crippen LogP contribution in [0.5, 0.6) is 5.75 Å². The fourth-order valence-electron chi connectivity index (χ4n) is 3.92. The number of carbonyl (C=O) groups excluding carboxylic acids is 2. The van der Waals surface area contributed by atoms with Gasteiger partial charge in [0.05, 0.1) is 16.9 Å². The fraction of sp³-hybridized carbons (Fsp3) is 0.348. The Balaban J connectivity index is 1.73. The Kier molecular flexibility index (Phi) is 7.68. The molecule has 3 atom stereocenters. The van der Waals surface area contributed by atoms with Gasteiger partial charge in [-0.15, -0.1) is 0 Å². The van der Waals surface area contributed by atoms with Crippen LogP contribution in [0.2, 0.25) is 0 Å². The third kappa shape index (κ3) is 6.31. The van der Waals surface area contributed by atoms with E-state index in [-0.39, 0.29) is 16.6 Å².